The summed E-state index contributed by atoms with van der Waals surface area (Å²) in [6.45, 7) is 7.93. The van der Waals surface area contributed by atoms with E-state index < -0.39 is 0 Å². The Labute approximate surface area is 172 Å². The maximum absolute atomic E-state index is 12.8. The molecule has 1 saturated carbocycles. The number of allylic oxidation sites excluding steroid dienone is 3. The standard InChI is InChI=1S/C20H25ClN4O.C2H6/c1-4-5-16(10-17(22-3)14-6-7-14)23-20(26)13(2)18-12-25-11-15(21)8-9-19(25)24-18;1-2/h5,8-14,22H,4,6-7H2,1-3H3,(H,23,26);1-2H3/b16-5-,17-10-;. The first kappa shape index (κ1) is 22.0. The SMILES string of the molecule is CC.CC/C=C(/C=C(\NC)C1CC1)NC(=O)C(C)c1cn2cc(Cl)ccc2n1. The molecule has 0 radical (unpaired) electrons. The molecule has 3 rings (SSSR count). The third-order valence-corrected chi connectivity index (χ3v) is 4.80. The van der Waals surface area contributed by atoms with Gasteiger partial charge >= 0.3 is 0 Å². The van der Waals surface area contributed by atoms with Crippen LogP contribution in [0, 0.1) is 5.92 Å². The van der Waals surface area contributed by atoms with E-state index in [9.17, 15) is 4.79 Å². The Morgan fingerprint density at radius 2 is 2.07 bits per heavy atom. The van der Waals surface area contributed by atoms with E-state index in [4.69, 9.17) is 11.6 Å². The van der Waals surface area contributed by atoms with Crippen LogP contribution in [0.25, 0.3) is 5.65 Å². The number of hydrogen-bond donors (Lipinski definition) is 2. The quantitative estimate of drug-likeness (QED) is 0.638. The molecular formula is C22H31ClN4O. The van der Waals surface area contributed by atoms with Crippen molar-refractivity contribution in [2.75, 3.05) is 7.05 Å². The fraction of sp³-hybridized carbons (Fsp3) is 0.455. The molecule has 1 atom stereocenters. The highest BCUT2D eigenvalue weighted by molar-refractivity contribution is 6.30. The molecule has 2 heterocycles. The Balaban J connectivity index is 0.00000136. The molecule has 0 bridgehead atoms. The van der Waals surface area contributed by atoms with Gasteiger partial charge in [0.15, 0.2) is 0 Å². The van der Waals surface area contributed by atoms with Gasteiger partial charge in [0.25, 0.3) is 0 Å². The highest BCUT2D eigenvalue weighted by Crippen LogP contribution is 2.35. The van der Waals surface area contributed by atoms with Crippen molar-refractivity contribution in [2.45, 2.75) is 52.9 Å². The molecule has 28 heavy (non-hydrogen) atoms. The predicted molar refractivity (Wildman–Crippen MR) is 116 cm³/mol. The molecule has 5 nitrogen and oxygen atoms in total. The molecule has 1 amide bonds. The third-order valence-electron chi connectivity index (χ3n) is 4.58. The molecule has 152 valence electrons. The van der Waals surface area contributed by atoms with Crippen LogP contribution in [-0.4, -0.2) is 22.3 Å². The second-order valence-electron chi connectivity index (χ2n) is 6.68. The number of nitrogens with zero attached hydrogens (tertiary/aromatic N) is 2. The predicted octanol–water partition coefficient (Wildman–Crippen LogP) is 5.04. The maximum atomic E-state index is 12.8. The topological polar surface area (TPSA) is 58.4 Å². The zero-order valence-corrected chi connectivity index (χ0v) is 18.2. The van der Waals surface area contributed by atoms with E-state index in [2.05, 4.69) is 28.6 Å². The zero-order chi connectivity index (χ0) is 20.7. The molecule has 6 heteroatoms. The number of carbonyl (C=O) groups is 1. The van der Waals surface area contributed by atoms with Crippen molar-refractivity contribution in [1.29, 1.82) is 0 Å². The zero-order valence-electron chi connectivity index (χ0n) is 17.4. The first-order chi connectivity index (χ1) is 13.5. The smallest absolute Gasteiger partial charge is 0.233 e. The molecule has 1 aliphatic rings. The summed E-state index contributed by atoms with van der Waals surface area (Å²) in [5.41, 5.74) is 3.52. The van der Waals surface area contributed by atoms with Crippen molar-refractivity contribution >= 4 is 23.2 Å². The van der Waals surface area contributed by atoms with Gasteiger partial charge in [-0.2, -0.15) is 0 Å². The first-order valence-corrected chi connectivity index (χ1v) is 10.4. The molecular weight excluding hydrogens is 372 g/mol. The minimum absolute atomic E-state index is 0.0679. The fourth-order valence-electron chi connectivity index (χ4n) is 2.90. The van der Waals surface area contributed by atoms with Crippen LogP contribution in [0.5, 0.6) is 0 Å². The molecule has 0 saturated heterocycles. The molecule has 1 unspecified atom stereocenters. The molecule has 2 aromatic rings. The number of hydrogen-bond acceptors (Lipinski definition) is 3. The summed E-state index contributed by atoms with van der Waals surface area (Å²) in [6.07, 6.45) is 11.0. The largest absolute Gasteiger partial charge is 0.391 e. The molecule has 1 fully saturated rings. The monoisotopic (exact) mass is 402 g/mol. The Morgan fingerprint density at radius 3 is 2.68 bits per heavy atom. The van der Waals surface area contributed by atoms with Gasteiger partial charge in [-0.25, -0.2) is 4.98 Å². The van der Waals surface area contributed by atoms with Crippen LogP contribution in [0.1, 0.15) is 58.6 Å². The van der Waals surface area contributed by atoms with Gasteiger partial charge in [0.2, 0.25) is 5.91 Å². The number of rotatable bonds is 7. The van der Waals surface area contributed by atoms with Crippen LogP contribution < -0.4 is 10.6 Å². The van der Waals surface area contributed by atoms with Gasteiger partial charge < -0.3 is 15.0 Å². The lowest BCUT2D eigenvalue weighted by Gasteiger charge is -2.13. The first-order valence-electron chi connectivity index (χ1n) is 10.1. The van der Waals surface area contributed by atoms with E-state index in [1.165, 1.54) is 18.5 Å². The molecule has 0 aliphatic heterocycles. The minimum Gasteiger partial charge on any atom is -0.391 e. The molecule has 2 aromatic heterocycles. The van der Waals surface area contributed by atoms with E-state index in [0.29, 0.717) is 10.9 Å². The Hall–Kier alpha value is -2.27. The summed E-state index contributed by atoms with van der Waals surface area (Å²) in [6, 6.07) is 3.64. The number of aromatic nitrogens is 2. The van der Waals surface area contributed by atoms with E-state index in [-0.39, 0.29) is 11.8 Å². The summed E-state index contributed by atoms with van der Waals surface area (Å²) < 4.78 is 1.84. The Kier molecular flexibility index (Phi) is 8.12. The number of carbonyl (C=O) groups excluding carboxylic acids is 1. The van der Waals surface area contributed by atoms with E-state index in [0.717, 1.165) is 23.5 Å². The van der Waals surface area contributed by atoms with Crippen LogP contribution in [0.2, 0.25) is 5.02 Å². The number of amides is 1. The highest BCUT2D eigenvalue weighted by atomic mass is 35.5. The van der Waals surface area contributed by atoms with Gasteiger partial charge in [-0.15, -0.1) is 0 Å². The highest BCUT2D eigenvalue weighted by Gasteiger charge is 2.26. The van der Waals surface area contributed by atoms with Crippen LogP contribution in [0.15, 0.2) is 48.1 Å². The van der Waals surface area contributed by atoms with Crippen LogP contribution >= 0.6 is 11.6 Å². The van der Waals surface area contributed by atoms with Crippen LogP contribution in [0.3, 0.4) is 0 Å². The summed E-state index contributed by atoms with van der Waals surface area (Å²) in [5.74, 6) is 0.167. The van der Waals surface area contributed by atoms with Gasteiger partial charge in [-0.05, 0) is 50.3 Å². The van der Waals surface area contributed by atoms with Crippen LogP contribution in [0.4, 0.5) is 0 Å². The molecule has 0 aromatic carbocycles. The van der Waals surface area contributed by atoms with Crippen LogP contribution in [-0.2, 0) is 4.79 Å². The van der Waals surface area contributed by atoms with Crippen molar-refractivity contribution in [1.82, 2.24) is 20.0 Å². The van der Waals surface area contributed by atoms with Gasteiger partial charge in [-0.1, -0.05) is 38.4 Å². The summed E-state index contributed by atoms with van der Waals surface area (Å²) >= 11 is 6.02. The lowest BCUT2D eigenvalue weighted by molar-refractivity contribution is -0.121. The number of imidazole rings is 1. The van der Waals surface area contributed by atoms with E-state index in [1.807, 2.05) is 50.6 Å². The average molecular weight is 403 g/mol. The van der Waals surface area contributed by atoms with E-state index in [1.54, 1.807) is 12.3 Å². The minimum atomic E-state index is -0.360. The van der Waals surface area contributed by atoms with E-state index >= 15 is 0 Å². The second-order valence-corrected chi connectivity index (χ2v) is 7.12. The van der Waals surface area contributed by atoms with Crippen molar-refractivity contribution in [3.05, 3.63) is 58.8 Å². The van der Waals surface area contributed by atoms with Gasteiger partial charge in [0, 0.05) is 30.8 Å². The number of fused-ring (bicyclic) bond motifs is 1. The average Bonchev–Trinajstić information content (AvgIpc) is 3.45. The number of pyridine rings is 1. The summed E-state index contributed by atoms with van der Waals surface area (Å²) in [5, 5.41) is 6.94. The lowest BCUT2D eigenvalue weighted by Crippen LogP contribution is -2.27. The Bertz CT molecular complexity index is 865. The second kappa shape index (κ2) is 10.3. The van der Waals surface area contributed by atoms with Crippen molar-refractivity contribution < 1.29 is 4.79 Å². The van der Waals surface area contributed by atoms with Crippen molar-refractivity contribution in [3.8, 4) is 0 Å². The summed E-state index contributed by atoms with van der Waals surface area (Å²) in [7, 11) is 1.93. The fourth-order valence-corrected chi connectivity index (χ4v) is 3.07. The maximum Gasteiger partial charge on any atom is 0.233 e. The molecule has 0 spiro atoms. The normalized spacial score (nSPS) is 15.6. The lowest BCUT2D eigenvalue weighted by atomic mass is 10.1. The number of halogens is 1. The summed E-state index contributed by atoms with van der Waals surface area (Å²) in [4.78, 5) is 17.3. The van der Waals surface area contributed by atoms with Gasteiger partial charge in [0.05, 0.1) is 16.6 Å². The Morgan fingerprint density at radius 1 is 1.36 bits per heavy atom. The van der Waals surface area contributed by atoms with Crippen molar-refractivity contribution in [3.63, 3.8) is 0 Å². The third kappa shape index (κ3) is 5.61. The number of nitrogens with one attached hydrogen (secondary N) is 2. The van der Waals surface area contributed by atoms with Gasteiger partial charge in [-0.3, -0.25) is 4.79 Å². The molecule has 1 aliphatic carbocycles. The van der Waals surface area contributed by atoms with Gasteiger partial charge in [0.1, 0.15) is 5.65 Å². The van der Waals surface area contributed by atoms with Crippen molar-refractivity contribution in [2.24, 2.45) is 5.92 Å². The molecule has 2 N–H and O–H groups in total.